The van der Waals surface area contributed by atoms with E-state index in [1.54, 1.807) is 0 Å². The van der Waals surface area contributed by atoms with Crippen molar-refractivity contribution in [2.24, 2.45) is 0 Å². The van der Waals surface area contributed by atoms with E-state index >= 15 is 0 Å². The summed E-state index contributed by atoms with van der Waals surface area (Å²) in [6, 6.07) is 4.91. The summed E-state index contributed by atoms with van der Waals surface area (Å²) < 4.78 is 0. The summed E-state index contributed by atoms with van der Waals surface area (Å²) in [5.41, 5.74) is 5.09. The quantitative estimate of drug-likeness (QED) is 0.782. The third-order valence-corrected chi connectivity index (χ3v) is 6.72. The Kier molecular flexibility index (Phi) is 4.94. The summed E-state index contributed by atoms with van der Waals surface area (Å²) in [5.74, 6) is 0. The maximum Gasteiger partial charge on any atom is 0.250 e. The van der Waals surface area contributed by atoms with Crippen LogP contribution < -0.4 is 15.8 Å². The number of nitrogens with zero attached hydrogens (tertiary/aromatic N) is 2. The summed E-state index contributed by atoms with van der Waals surface area (Å²) >= 11 is 0. The molecule has 1 saturated heterocycles. The van der Waals surface area contributed by atoms with Crippen LogP contribution in [0.25, 0.3) is 11.1 Å². The van der Waals surface area contributed by atoms with Crippen molar-refractivity contribution in [1.82, 2.24) is 4.90 Å². The minimum absolute atomic E-state index is 0.297. The highest BCUT2D eigenvalue weighted by molar-refractivity contribution is 5.85. The molecule has 27 heavy (non-hydrogen) atoms. The Balaban J connectivity index is 1.56. The minimum Gasteiger partial charge on any atom is -0.365 e. The van der Waals surface area contributed by atoms with Gasteiger partial charge in [-0.2, -0.15) is 0 Å². The highest BCUT2D eigenvalue weighted by Gasteiger charge is 2.31. The highest BCUT2D eigenvalue weighted by Crippen LogP contribution is 2.32. The molecule has 4 nitrogen and oxygen atoms in total. The molecule has 2 fully saturated rings. The monoisotopic (exact) mass is 366 g/mol. The van der Waals surface area contributed by atoms with Gasteiger partial charge in [0.1, 0.15) is 5.69 Å². The Hall–Kier alpha value is -1.94. The third kappa shape index (κ3) is 3.25. The predicted molar refractivity (Wildman–Crippen MR) is 112 cm³/mol. The van der Waals surface area contributed by atoms with Crippen molar-refractivity contribution in [3.8, 4) is 11.1 Å². The van der Waals surface area contributed by atoms with E-state index in [9.17, 15) is 9.59 Å². The molecular formula is C23H30N2O2. The van der Waals surface area contributed by atoms with E-state index in [1.165, 1.54) is 37.7 Å². The second-order valence-corrected chi connectivity index (χ2v) is 8.45. The van der Waals surface area contributed by atoms with Crippen LogP contribution in [-0.2, 0) is 0 Å². The van der Waals surface area contributed by atoms with Gasteiger partial charge in [-0.3, -0.25) is 14.5 Å². The number of piperazine rings is 1. The van der Waals surface area contributed by atoms with Crippen LogP contribution in [-0.4, -0.2) is 37.1 Å². The Morgan fingerprint density at radius 1 is 0.778 bits per heavy atom. The first-order chi connectivity index (χ1) is 13.0. The first kappa shape index (κ1) is 18.4. The summed E-state index contributed by atoms with van der Waals surface area (Å²) in [6.45, 7) is 9.86. The fourth-order valence-corrected chi connectivity index (χ4v) is 4.92. The van der Waals surface area contributed by atoms with Crippen molar-refractivity contribution < 1.29 is 0 Å². The number of rotatable bonds is 3. The predicted octanol–water partition coefficient (Wildman–Crippen LogP) is 3.33. The minimum atomic E-state index is -0.314. The summed E-state index contributed by atoms with van der Waals surface area (Å²) in [7, 11) is 0. The lowest BCUT2D eigenvalue weighted by Crippen LogP contribution is -2.54. The Morgan fingerprint density at radius 2 is 1.41 bits per heavy atom. The van der Waals surface area contributed by atoms with E-state index in [-0.39, 0.29) is 10.9 Å². The van der Waals surface area contributed by atoms with Gasteiger partial charge in [-0.15, -0.1) is 0 Å². The zero-order valence-electron chi connectivity index (χ0n) is 16.8. The van der Waals surface area contributed by atoms with Crippen molar-refractivity contribution >= 4 is 5.69 Å². The molecule has 0 atom stereocenters. The maximum absolute atomic E-state index is 12.4. The largest absolute Gasteiger partial charge is 0.365 e. The summed E-state index contributed by atoms with van der Waals surface area (Å²) in [4.78, 5) is 29.6. The Morgan fingerprint density at radius 3 is 2.07 bits per heavy atom. The van der Waals surface area contributed by atoms with Gasteiger partial charge in [-0.1, -0.05) is 31.4 Å². The Labute approximate surface area is 161 Å². The van der Waals surface area contributed by atoms with Gasteiger partial charge >= 0.3 is 0 Å². The second kappa shape index (κ2) is 7.23. The Bertz CT molecular complexity index is 909. The molecule has 0 radical (unpaired) electrons. The van der Waals surface area contributed by atoms with Crippen LogP contribution in [0.4, 0.5) is 5.69 Å². The molecular weight excluding hydrogens is 336 g/mol. The molecule has 1 aliphatic heterocycles. The number of aryl methyl sites for hydroxylation is 3. The van der Waals surface area contributed by atoms with E-state index < -0.39 is 0 Å². The second-order valence-electron chi connectivity index (χ2n) is 8.45. The molecule has 1 aliphatic carbocycles. The first-order valence-corrected chi connectivity index (χ1v) is 10.4. The molecule has 0 unspecified atom stereocenters. The molecule has 144 valence electrons. The molecule has 4 rings (SSSR count). The normalized spacial score (nSPS) is 19.7. The van der Waals surface area contributed by atoms with Gasteiger partial charge in [0.2, 0.25) is 10.9 Å². The lowest BCUT2D eigenvalue weighted by atomic mass is 9.90. The third-order valence-electron chi connectivity index (χ3n) is 6.72. The van der Waals surface area contributed by atoms with Gasteiger partial charge in [0, 0.05) is 32.2 Å². The molecule has 0 bridgehead atoms. The zero-order valence-corrected chi connectivity index (χ0v) is 16.8. The molecule has 1 heterocycles. The average Bonchev–Trinajstić information content (AvgIpc) is 2.69. The number of hydrogen-bond acceptors (Lipinski definition) is 4. The molecule has 2 aromatic rings. The van der Waals surface area contributed by atoms with Gasteiger partial charge in [0.25, 0.3) is 0 Å². The van der Waals surface area contributed by atoms with Crippen LogP contribution in [0.15, 0.2) is 21.7 Å². The summed E-state index contributed by atoms with van der Waals surface area (Å²) in [5, 5.41) is 0. The van der Waals surface area contributed by atoms with Crippen LogP contribution in [0.3, 0.4) is 0 Å². The van der Waals surface area contributed by atoms with E-state index in [0.717, 1.165) is 48.9 Å². The molecule has 2 aromatic carbocycles. The lowest BCUT2D eigenvalue weighted by Gasteiger charge is -2.42. The zero-order chi connectivity index (χ0) is 19.1. The fraction of sp³-hybridized carbons (Fsp3) is 0.565. The van der Waals surface area contributed by atoms with Crippen LogP contribution >= 0.6 is 0 Å². The SMILES string of the molecule is Cc1cc(C)c(-c2c(N3CCN(C4CCCCC4)CC3)c(=O)c2=O)cc1C. The van der Waals surface area contributed by atoms with E-state index in [1.807, 2.05) is 6.92 Å². The number of hydrogen-bond donors (Lipinski definition) is 0. The van der Waals surface area contributed by atoms with Gasteiger partial charge in [0.15, 0.2) is 0 Å². The number of benzene rings is 1. The molecule has 4 heteroatoms. The van der Waals surface area contributed by atoms with Crippen LogP contribution in [0, 0.1) is 20.8 Å². The highest BCUT2D eigenvalue weighted by atomic mass is 16.2. The number of anilines is 1. The molecule has 0 amide bonds. The van der Waals surface area contributed by atoms with E-state index in [0.29, 0.717) is 11.3 Å². The van der Waals surface area contributed by atoms with Crippen molar-refractivity contribution in [1.29, 1.82) is 0 Å². The van der Waals surface area contributed by atoms with Crippen LogP contribution in [0.1, 0.15) is 48.8 Å². The van der Waals surface area contributed by atoms with Gasteiger partial charge in [0.05, 0.1) is 5.56 Å². The standard InChI is InChI=1S/C23H30N2O2/c1-15-13-17(3)19(14-16(15)2)20-21(23(27)22(20)26)25-11-9-24(10-12-25)18-7-5-4-6-8-18/h13-14,18H,4-12H2,1-3H3. The summed E-state index contributed by atoms with van der Waals surface area (Å²) in [6.07, 6.45) is 6.69. The molecule has 2 aliphatic rings. The van der Waals surface area contributed by atoms with Gasteiger partial charge < -0.3 is 4.90 Å². The molecule has 0 N–H and O–H groups in total. The van der Waals surface area contributed by atoms with Crippen LogP contribution in [0.2, 0.25) is 0 Å². The first-order valence-electron chi connectivity index (χ1n) is 10.4. The van der Waals surface area contributed by atoms with Gasteiger partial charge in [-0.05, 0) is 55.9 Å². The lowest BCUT2D eigenvalue weighted by molar-refractivity contribution is 0.148. The maximum atomic E-state index is 12.4. The van der Waals surface area contributed by atoms with Crippen molar-refractivity contribution in [2.75, 3.05) is 31.1 Å². The van der Waals surface area contributed by atoms with Crippen molar-refractivity contribution in [2.45, 2.75) is 58.9 Å². The fourth-order valence-electron chi connectivity index (χ4n) is 4.92. The van der Waals surface area contributed by atoms with Crippen molar-refractivity contribution in [3.63, 3.8) is 0 Å². The molecule has 0 aromatic heterocycles. The van der Waals surface area contributed by atoms with E-state index in [4.69, 9.17) is 0 Å². The van der Waals surface area contributed by atoms with E-state index in [2.05, 4.69) is 35.8 Å². The molecule has 0 spiro atoms. The molecule has 1 saturated carbocycles. The van der Waals surface area contributed by atoms with Crippen molar-refractivity contribution in [3.05, 3.63) is 49.3 Å². The van der Waals surface area contributed by atoms with Crippen LogP contribution in [0.5, 0.6) is 0 Å². The average molecular weight is 367 g/mol. The van der Waals surface area contributed by atoms with Gasteiger partial charge in [-0.25, -0.2) is 0 Å². The topological polar surface area (TPSA) is 40.6 Å². The smallest absolute Gasteiger partial charge is 0.250 e.